The first kappa shape index (κ1) is 17.7. The third-order valence-corrected chi connectivity index (χ3v) is 3.91. The van der Waals surface area contributed by atoms with Gasteiger partial charge in [-0.05, 0) is 29.8 Å². The van der Waals surface area contributed by atoms with E-state index in [9.17, 15) is 4.39 Å². The summed E-state index contributed by atoms with van der Waals surface area (Å²) in [7, 11) is 3.65. The summed E-state index contributed by atoms with van der Waals surface area (Å²) in [6.45, 7) is 1.12. The van der Waals surface area contributed by atoms with Crippen molar-refractivity contribution in [2.24, 2.45) is 4.99 Å². The summed E-state index contributed by atoms with van der Waals surface area (Å²) in [5, 5.41) is 3.26. The average molecular weight is 352 g/mol. The predicted molar refractivity (Wildman–Crippen MR) is 100 cm³/mol. The van der Waals surface area contributed by atoms with Gasteiger partial charge in [-0.3, -0.25) is 4.99 Å². The first-order valence-electron chi connectivity index (χ1n) is 8.32. The SMILES string of the molecule is CN=C(NCc1coc(-c2ccccc2)n1)N(C)Cc1ccc(F)cc1. The van der Waals surface area contributed by atoms with Crippen LogP contribution in [0.25, 0.3) is 11.5 Å². The zero-order chi connectivity index (χ0) is 18.4. The van der Waals surface area contributed by atoms with Crippen molar-refractivity contribution in [1.82, 2.24) is 15.2 Å². The van der Waals surface area contributed by atoms with Gasteiger partial charge in [0, 0.05) is 26.2 Å². The molecule has 1 aromatic heterocycles. The number of hydrogen-bond donors (Lipinski definition) is 1. The normalized spacial score (nSPS) is 11.4. The highest BCUT2D eigenvalue weighted by Crippen LogP contribution is 2.17. The Hall–Kier alpha value is -3.15. The lowest BCUT2D eigenvalue weighted by atomic mass is 10.2. The van der Waals surface area contributed by atoms with Crippen molar-refractivity contribution in [3.63, 3.8) is 0 Å². The molecule has 1 heterocycles. The van der Waals surface area contributed by atoms with Gasteiger partial charge in [0.1, 0.15) is 12.1 Å². The van der Waals surface area contributed by atoms with Crippen LogP contribution < -0.4 is 5.32 Å². The number of nitrogens with zero attached hydrogens (tertiary/aromatic N) is 3. The number of benzene rings is 2. The molecule has 0 radical (unpaired) electrons. The Morgan fingerprint density at radius 2 is 1.88 bits per heavy atom. The maximum Gasteiger partial charge on any atom is 0.226 e. The Balaban J connectivity index is 1.59. The molecule has 134 valence electrons. The van der Waals surface area contributed by atoms with Gasteiger partial charge in [-0.1, -0.05) is 30.3 Å². The molecule has 0 fully saturated rings. The van der Waals surface area contributed by atoms with Gasteiger partial charge in [-0.25, -0.2) is 9.37 Å². The topological polar surface area (TPSA) is 53.7 Å². The van der Waals surface area contributed by atoms with Gasteiger partial charge in [0.05, 0.1) is 12.2 Å². The second-order valence-electron chi connectivity index (χ2n) is 5.89. The molecule has 1 N–H and O–H groups in total. The van der Waals surface area contributed by atoms with Crippen molar-refractivity contribution in [3.8, 4) is 11.5 Å². The highest BCUT2D eigenvalue weighted by Gasteiger charge is 2.10. The fourth-order valence-corrected chi connectivity index (χ4v) is 2.59. The fourth-order valence-electron chi connectivity index (χ4n) is 2.59. The Kier molecular flexibility index (Phi) is 5.63. The van der Waals surface area contributed by atoms with Crippen LogP contribution in [-0.2, 0) is 13.1 Å². The molecule has 6 heteroatoms. The molecule has 0 spiro atoms. The minimum atomic E-state index is -0.237. The van der Waals surface area contributed by atoms with Crippen LogP contribution >= 0.6 is 0 Å². The standard InChI is InChI=1S/C20H21FN4O/c1-22-20(25(2)13-15-8-10-17(21)11-9-15)23-12-18-14-26-19(24-18)16-6-4-3-5-7-16/h3-11,14H,12-13H2,1-2H3,(H,22,23). The van der Waals surface area contributed by atoms with E-state index >= 15 is 0 Å². The van der Waals surface area contributed by atoms with E-state index in [-0.39, 0.29) is 5.82 Å². The minimum absolute atomic E-state index is 0.237. The smallest absolute Gasteiger partial charge is 0.226 e. The molecule has 0 aliphatic carbocycles. The summed E-state index contributed by atoms with van der Waals surface area (Å²) in [6, 6.07) is 16.2. The summed E-state index contributed by atoms with van der Waals surface area (Å²) in [5.41, 5.74) is 2.74. The summed E-state index contributed by atoms with van der Waals surface area (Å²) < 4.78 is 18.6. The van der Waals surface area contributed by atoms with E-state index in [0.29, 0.717) is 19.0 Å². The maximum atomic E-state index is 13.0. The van der Waals surface area contributed by atoms with Crippen molar-refractivity contribution in [1.29, 1.82) is 0 Å². The van der Waals surface area contributed by atoms with E-state index < -0.39 is 0 Å². The fraction of sp³-hybridized carbons (Fsp3) is 0.200. The molecule has 26 heavy (non-hydrogen) atoms. The van der Waals surface area contributed by atoms with Crippen LogP contribution in [-0.4, -0.2) is 29.9 Å². The Morgan fingerprint density at radius 3 is 2.58 bits per heavy atom. The van der Waals surface area contributed by atoms with Gasteiger partial charge in [0.2, 0.25) is 5.89 Å². The van der Waals surface area contributed by atoms with Crippen molar-refractivity contribution >= 4 is 5.96 Å². The largest absolute Gasteiger partial charge is 0.444 e. The number of rotatable bonds is 5. The third-order valence-electron chi connectivity index (χ3n) is 3.91. The Labute approximate surface area is 152 Å². The zero-order valence-electron chi connectivity index (χ0n) is 14.8. The maximum absolute atomic E-state index is 13.0. The highest BCUT2D eigenvalue weighted by atomic mass is 19.1. The molecular weight excluding hydrogens is 331 g/mol. The number of oxazole rings is 1. The molecule has 0 saturated heterocycles. The lowest BCUT2D eigenvalue weighted by Crippen LogP contribution is -2.38. The summed E-state index contributed by atoms with van der Waals surface area (Å²) in [4.78, 5) is 10.7. The molecular formula is C20H21FN4O. The summed E-state index contributed by atoms with van der Waals surface area (Å²) in [6.07, 6.45) is 1.64. The molecule has 0 aliphatic rings. The number of hydrogen-bond acceptors (Lipinski definition) is 3. The van der Waals surface area contributed by atoms with Crippen LogP contribution in [0.5, 0.6) is 0 Å². The molecule has 0 saturated carbocycles. The van der Waals surface area contributed by atoms with Gasteiger partial charge in [0.25, 0.3) is 0 Å². The Morgan fingerprint density at radius 1 is 1.15 bits per heavy atom. The second kappa shape index (κ2) is 8.29. The molecule has 3 aromatic rings. The quantitative estimate of drug-likeness (QED) is 0.562. The highest BCUT2D eigenvalue weighted by molar-refractivity contribution is 5.79. The van der Waals surface area contributed by atoms with Crippen LogP contribution in [0.3, 0.4) is 0 Å². The van der Waals surface area contributed by atoms with Gasteiger partial charge in [-0.15, -0.1) is 0 Å². The molecule has 0 bridgehead atoms. The number of aromatic nitrogens is 1. The van der Waals surface area contributed by atoms with E-state index in [2.05, 4.69) is 15.3 Å². The van der Waals surface area contributed by atoms with E-state index in [0.717, 1.165) is 22.8 Å². The van der Waals surface area contributed by atoms with Gasteiger partial charge in [-0.2, -0.15) is 0 Å². The van der Waals surface area contributed by atoms with Crippen molar-refractivity contribution in [3.05, 3.63) is 77.9 Å². The van der Waals surface area contributed by atoms with Gasteiger partial charge >= 0.3 is 0 Å². The average Bonchev–Trinajstić information content (AvgIpc) is 3.14. The van der Waals surface area contributed by atoms with E-state index in [1.54, 1.807) is 25.4 Å². The number of guanidine groups is 1. The first-order valence-corrected chi connectivity index (χ1v) is 8.32. The van der Waals surface area contributed by atoms with E-state index in [1.165, 1.54) is 12.1 Å². The predicted octanol–water partition coefficient (Wildman–Crippen LogP) is 3.69. The van der Waals surface area contributed by atoms with Crippen LogP contribution in [0.4, 0.5) is 4.39 Å². The molecule has 0 atom stereocenters. The minimum Gasteiger partial charge on any atom is -0.444 e. The van der Waals surface area contributed by atoms with Gasteiger partial charge in [0.15, 0.2) is 5.96 Å². The van der Waals surface area contributed by atoms with E-state index in [4.69, 9.17) is 4.42 Å². The molecule has 3 rings (SSSR count). The summed E-state index contributed by atoms with van der Waals surface area (Å²) in [5.74, 6) is 1.08. The third kappa shape index (κ3) is 4.47. The van der Waals surface area contributed by atoms with Crippen LogP contribution in [0.1, 0.15) is 11.3 Å². The number of aliphatic imine (C=N–C) groups is 1. The van der Waals surface area contributed by atoms with Gasteiger partial charge < -0.3 is 14.6 Å². The zero-order valence-corrected chi connectivity index (χ0v) is 14.8. The monoisotopic (exact) mass is 352 g/mol. The van der Waals surface area contributed by atoms with Crippen LogP contribution in [0, 0.1) is 5.82 Å². The van der Waals surface area contributed by atoms with Crippen molar-refractivity contribution in [2.75, 3.05) is 14.1 Å². The second-order valence-corrected chi connectivity index (χ2v) is 5.89. The summed E-state index contributed by atoms with van der Waals surface area (Å²) >= 11 is 0. The molecule has 2 aromatic carbocycles. The number of nitrogens with one attached hydrogen (secondary N) is 1. The Bertz CT molecular complexity index is 859. The van der Waals surface area contributed by atoms with Crippen LogP contribution in [0.15, 0.2) is 70.3 Å². The van der Waals surface area contributed by atoms with Crippen LogP contribution in [0.2, 0.25) is 0 Å². The first-order chi connectivity index (χ1) is 12.7. The molecule has 0 aliphatic heterocycles. The number of halogens is 1. The molecule has 0 unspecified atom stereocenters. The van der Waals surface area contributed by atoms with Crippen molar-refractivity contribution in [2.45, 2.75) is 13.1 Å². The molecule has 0 amide bonds. The van der Waals surface area contributed by atoms with E-state index in [1.807, 2.05) is 42.3 Å². The van der Waals surface area contributed by atoms with Crippen molar-refractivity contribution < 1.29 is 8.81 Å². The lowest BCUT2D eigenvalue weighted by molar-refractivity contribution is 0.475. The molecule has 5 nitrogen and oxygen atoms in total. The lowest BCUT2D eigenvalue weighted by Gasteiger charge is -2.21.